The fraction of sp³-hybridized carbons (Fsp3) is 0.500. The molecule has 0 saturated carbocycles. The third-order valence-electron chi connectivity index (χ3n) is 2.81. The minimum Gasteiger partial charge on any atom is -0.347 e. The average molecular weight is 298 g/mol. The van der Waals surface area contributed by atoms with E-state index in [9.17, 15) is 4.79 Å². The Balaban J connectivity index is 2.86. The van der Waals surface area contributed by atoms with E-state index in [1.54, 1.807) is 0 Å². The van der Waals surface area contributed by atoms with Gasteiger partial charge in [-0.2, -0.15) is 0 Å². The Labute approximate surface area is 112 Å². The minimum absolute atomic E-state index is 0.0113. The molecule has 1 rings (SSSR count). The molecule has 1 aromatic carbocycles. The van der Waals surface area contributed by atoms with Crippen molar-refractivity contribution in [1.29, 1.82) is 0 Å². The number of benzene rings is 1. The van der Waals surface area contributed by atoms with Crippen LogP contribution in [0, 0.1) is 13.8 Å². The van der Waals surface area contributed by atoms with Crippen LogP contribution in [0.5, 0.6) is 0 Å². The van der Waals surface area contributed by atoms with Crippen molar-refractivity contribution in [3.05, 3.63) is 34.9 Å². The molecular formula is C14H20BrNO. The molecule has 17 heavy (non-hydrogen) atoms. The van der Waals surface area contributed by atoms with Crippen LogP contribution in [0.2, 0.25) is 0 Å². The molecule has 0 aliphatic carbocycles. The minimum atomic E-state index is -0.184. The first kappa shape index (κ1) is 14.2. The number of alkyl halides is 1. The molecule has 0 radical (unpaired) electrons. The number of nitrogens with one attached hydrogen (secondary N) is 1. The lowest BCUT2D eigenvalue weighted by Gasteiger charge is -2.25. The predicted octanol–water partition coefficient (Wildman–Crippen LogP) is 3.60. The fourth-order valence-electron chi connectivity index (χ4n) is 1.65. The highest BCUT2D eigenvalue weighted by Gasteiger charge is 2.21. The van der Waals surface area contributed by atoms with Gasteiger partial charge < -0.3 is 5.32 Å². The maximum Gasteiger partial charge on any atom is 0.251 e. The van der Waals surface area contributed by atoms with Crippen LogP contribution in [0.3, 0.4) is 0 Å². The smallest absolute Gasteiger partial charge is 0.251 e. The third kappa shape index (κ3) is 4.15. The van der Waals surface area contributed by atoms with Crippen molar-refractivity contribution in [3.8, 4) is 0 Å². The molecule has 2 nitrogen and oxygen atoms in total. The zero-order chi connectivity index (χ0) is 13.1. The van der Waals surface area contributed by atoms with E-state index in [0.29, 0.717) is 0 Å². The van der Waals surface area contributed by atoms with E-state index in [-0.39, 0.29) is 11.4 Å². The first-order chi connectivity index (χ1) is 7.85. The van der Waals surface area contributed by atoms with Crippen LogP contribution in [0.4, 0.5) is 0 Å². The van der Waals surface area contributed by atoms with Crippen LogP contribution in [0.15, 0.2) is 18.2 Å². The summed E-state index contributed by atoms with van der Waals surface area (Å²) < 4.78 is 0. The molecule has 0 aliphatic heterocycles. The normalized spacial score (nSPS) is 11.4. The summed E-state index contributed by atoms with van der Waals surface area (Å²) in [6.07, 6.45) is 0.906. The Bertz CT molecular complexity index is 413. The molecule has 0 fully saturated rings. The summed E-state index contributed by atoms with van der Waals surface area (Å²) in [6.45, 7) is 8.04. The van der Waals surface area contributed by atoms with Crippen molar-refractivity contribution in [2.45, 2.75) is 39.7 Å². The molecule has 0 aliphatic rings. The summed E-state index contributed by atoms with van der Waals surface area (Å²) in [6, 6.07) is 5.95. The number of amides is 1. The van der Waals surface area contributed by atoms with Crippen LogP contribution >= 0.6 is 15.9 Å². The van der Waals surface area contributed by atoms with Crippen LogP contribution in [0.1, 0.15) is 41.8 Å². The molecule has 3 heteroatoms. The number of carbonyl (C=O) groups excluding carboxylic acids is 1. The summed E-state index contributed by atoms with van der Waals surface area (Å²) in [5.74, 6) is 0.0113. The first-order valence-electron chi connectivity index (χ1n) is 5.81. The second-order valence-electron chi connectivity index (χ2n) is 5.10. The Morgan fingerprint density at radius 3 is 2.59 bits per heavy atom. The van der Waals surface area contributed by atoms with E-state index >= 15 is 0 Å². The number of rotatable bonds is 4. The molecule has 0 saturated heterocycles. The van der Waals surface area contributed by atoms with Crippen molar-refractivity contribution in [2.24, 2.45) is 0 Å². The van der Waals surface area contributed by atoms with Crippen LogP contribution in [0.25, 0.3) is 0 Å². The maximum absolute atomic E-state index is 12.2. The summed E-state index contributed by atoms with van der Waals surface area (Å²) in [5.41, 5.74) is 2.71. The lowest BCUT2D eigenvalue weighted by atomic mass is 9.99. The van der Waals surface area contributed by atoms with Crippen molar-refractivity contribution in [2.75, 3.05) is 5.33 Å². The highest BCUT2D eigenvalue weighted by Crippen LogP contribution is 2.15. The molecule has 0 spiro atoms. The van der Waals surface area contributed by atoms with Gasteiger partial charge in [-0.25, -0.2) is 0 Å². The van der Waals surface area contributed by atoms with Crippen LogP contribution in [-0.4, -0.2) is 16.8 Å². The standard InChI is InChI=1S/C14H20BrNO/c1-10-5-6-11(2)12(9-10)13(17)16-14(3,4)7-8-15/h5-6,9H,7-8H2,1-4H3,(H,16,17). The van der Waals surface area contributed by atoms with E-state index in [1.807, 2.05) is 45.9 Å². The molecule has 0 atom stereocenters. The summed E-state index contributed by atoms with van der Waals surface area (Å²) in [7, 11) is 0. The number of hydrogen-bond donors (Lipinski definition) is 1. The summed E-state index contributed by atoms with van der Waals surface area (Å²) in [4.78, 5) is 12.2. The lowest BCUT2D eigenvalue weighted by Crippen LogP contribution is -2.43. The van der Waals surface area contributed by atoms with Gasteiger partial charge in [-0.3, -0.25) is 4.79 Å². The molecule has 0 aromatic heterocycles. The monoisotopic (exact) mass is 297 g/mol. The van der Waals surface area contributed by atoms with E-state index in [4.69, 9.17) is 0 Å². The van der Waals surface area contributed by atoms with Gasteiger partial charge in [0, 0.05) is 16.4 Å². The van der Waals surface area contributed by atoms with Crippen molar-refractivity contribution >= 4 is 21.8 Å². The largest absolute Gasteiger partial charge is 0.347 e. The van der Waals surface area contributed by atoms with Gasteiger partial charge in [0.1, 0.15) is 0 Å². The van der Waals surface area contributed by atoms with Gasteiger partial charge in [-0.15, -0.1) is 0 Å². The van der Waals surface area contributed by atoms with E-state index in [1.165, 1.54) is 0 Å². The summed E-state index contributed by atoms with van der Waals surface area (Å²) >= 11 is 3.41. The zero-order valence-electron chi connectivity index (χ0n) is 10.9. The molecule has 0 bridgehead atoms. The second-order valence-corrected chi connectivity index (χ2v) is 5.89. The van der Waals surface area contributed by atoms with Gasteiger partial charge in [0.15, 0.2) is 0 Å². The Morgan fingerprint density at radius 1 is 1.35 bits per heavy atom. The predicted molar refractivity (Wildman–Crippen MR) is 75.9 cm³/mol. The van der Waals surface area contributed by atoms with Gasteiger partial charge in [-0.05, 0) is 45.7 Å². The number of halogens is 1. The fourth-order valence-corrected chi connectivity index (χ4v) is 2.65. The molecule has 94 valence electrons. The quantitative estimate of drug-likeness (QED) is 0.846. The van der Waals surface area contributed by atoms with E-state index < -0.39 is 0 Å². The number of carbonyl (C=O) groups is 1. The average Bonchev–Trinajstić information content (AvgIpc) is 2.20. The van der Waals surface area contributed by atoms with Gasteiger partial charge in [0.05, 0.1) is 0 Å². The molecule has 0 heterocycles. The van der Waals surface area contributed by atoms with Gasteiger partial charge >= 0.3 is 0 Å². The number of hydrogen-bond acceptors (Lipinski definition) is 1. The lowest BCUT2D eigenvalue weighted by molar-refractivity contribution is 0.0911. The van der Waals surface area contributed by atoms with Crippen LogP contribution in [-0.2, 0) is 0 Å². The highest BCUT2D eigenvalue weighted by molar-refractivity contribution is 9.09. The first-order valence-corrected chi connectivity index (χ1v) is 6.93. The zero-order valence-corrected chi connectivity index (χ0v) is 12.5. The van der Waals surface area contributed by atoms with Gasteiger partial charge in [-0.1, -0.05) is 33.6 Å². The Hall–Kier alpha value is -0.830. The van der Waals surface area contributed by atoms with Crippen molar-refractivity contribution < 1.29 is 4.79 Å². The van der Waals surface area contributed by atoms with Crippen LogP contribution < -0.4 is 5.32 Å². The molecule has 1 N–H and O–H groups in total. The second kappa shape index (κ2) is 5.67. The topological polar surface area (TPSA) is 29.1 Å². The SMILES string of the molecule is Cc1ccc(C)c(C(=O)NC(C)(C)CCBr)c1. The summed E-state index contributed by atoms with van der Waals surface area (Å²) in [5, 5.41) is 3.95. The van der Waals surface area contributed by atoms with Crippen molar-refractivity contribution in [3.63, 3.8) is 0 Å². The van der Waals surface area contributed by atoms with Crippen molar-refractivity contribution in [1.82, 2.24) is 5.32 Å². The maximum atomic E-state index is 12.2. The highest BCUT2D eigenvalue weighted by atomic mass is 79.9. The third-order valence-corrected chi connectivity index (χ3v) is 3.21. The molecule has 1 amide bonds. The Kier molecular flexibility index (Phi) is 4.75. The molecular weight excluding hydrogens is 278 g/mol. The van der Waals surface area contributed by atoms with Gasteiger partial charge in [0.25, 0.3) is 5.91 Å². The number of aryl methyl sites for hydroxylation is 2. The molecule has 0 unspecified atom stereocenters. The van der Waals surface area contributed by atoms with E-state index in [2.05, 4.69) is 21.2 Å². The molecule has 1 aromatic rings. The van der Waals surface area contributed by atoms with Gasteiger partial charge in [0.2, 0.25) is 0 Å². The Morgan fingerprint density at radius 2 is 2.00 bits per heavy atom. The van der Waals surface area contributed by atoms with E-state index in [0.717, 1.165) is 28.4 Å².